The maximum absolute atomic E-state index is 12.5. The molecule has 0 saturated carbocycles. The second-order valence-corrected chi connectivity index (χ2v) is 6.59. The molecule has 3 aromatic heterocycles. The van der Waals surface area contributed by atoms with Gasteiger partial charge >= 0.3 is 0 Å². The van der Waals surface area contributed by atoms with Gasteiger partial charge in [0, 0.05) is 29.3 Å². The van der Waals surface area contributed by atoms with Crippen LogP contribution in [0.4, 0.5) is 0 Å². The molecule has 0 saturated heterocycles. The van der Waals surface area contributed by atoms with Crippen molar-refractivity contribution in [2.24, 2.45) is 0 Å². The van der Waals surface area contributed by atoms with Gasteiger partial charge < -0.3 is 5.32 Å². The molecule has 0 aliphatic heterocycles. The number of nitrogens with one attached hydrogen (secondary N) is 1. The van der Waals surface area contributed by atoms with Crippen molar-refractivity contribution in [1.29, 1.82) is 0 Å². The highest BCUT2D eigenvalue weighted by Gasteiger charge is 2.17. The van der Waals surface area contributed by atoms with Crippen molar-refractivity contribution in [2.45, 2.75) is 38.4 Å². The van der Waals surface area contributed by atoms with Gasteiger partial charge in [-0.2, -0.15) is 4.98 Å². The summed E-state index contributed by atoms with van der Waals surface area (Å²) >= 11 is 1.47. The van der Waals surface area contributed by atoms with Gasteiger partial charge in [-0.25, -0.2) is 9.50 Å². The first kappa shape index (κ1) is 17.3. The zero-order chi connectivity index (χ0) is 18.0. The summed E-state index contributed by atoms with van der Waals surface area (Å²) in [5.74, 6) is 0.510. The van der Waals surface area contributed by atoms with Crippen molar-refractivity contribution in [1.82, 2.24) is 29.9 Å². The lowest BCUT2D eigenvalue weighted by molar-refractivity contribution is -0.121. The summed E-state index contributed by atoms with van der Waals surface area (Å²) < 4.78 is 1.70. The van der Waals surface area contributed by atoms with Gasteiger partial charge in [-0.1, -0.05) is 11.8 Å². The zero-order valence-corrected chi connectivity index (χ0v) is 15.5. The number of hydrogen-bond donors (Lipinski definition) is 1. The van der Waals surface area contributed by atoms with E-state index in [9.17, 15) is 4.79 Å². The molecule has 130 valence electrons. The third-order valence-corrected chi connectivity index (χ3v) is 4.67. The molecule has 0 aliphatic rings. The van der Waals surface area contributed by atoms with Crippen LogP contribution < -0.4 is 5.32 Å². The molecule has 3 rings (SSSR count). The van der Waals surface area contributed by atoms with Crippen LogP contribution in [-0.2, 0) is 11.2 Å². The first-order valence-corrected chi connectivity index (χ1v) is 9.18. The lowest BCUT2D eigenvalue weighted by atomic mass is 10.1. The van der Waals surface area contributed by atoms with Crippen LogP contribution in [0.15, 0.2) is 29.7 Å². The monoisotopic (exact) mass is 356 g/mol. The molecule has 0 aromatic carbocycles. The van der Waals surface area contributed by atoms with Gasteiger partial charge in [-0.05, 0) is 44.7 Å². The molecule has 0 spiro atoms. The van der Waals surface area contributed by atoms with Crippen LogP contribution in [0.2, 0.25) is 0 Å². The van der Waals surface area contributed by atoms with Crippen LogP contribution in [0.25, 0.3) is 5.78 Å². The van der Waals surface area contributed by atoms with E-state index >= 15 is 0 Å². The highest BCUT2D eigenvalue weighted by Crippen LogP contribution is 2.18. The minimum Gasteiger partial charge on any atom is -0.349 e. The molecular weight excluding hydrogens is 336 g/mol. The summed E-state index contributed by atoms with van der Waals surface area (Å²) in [4.78, 5) is 25.3. The van der Waals surface area contributed by atoms with Crippen molar-refractivity contribution in [3.05, 3.63) is 47.0 Å². The zero-order valence-electron chi connectivity index (χ0n) is 14.6. The molecule has 0 radical (unpaired) electrons. The van der Waals surface area contributed by atoms with E-state index in [0.717, 1.165) is 22.5 Å². The van der Waals surface area contributed by atoms with Gasteiger partial charge in [-0.15, -0.1) is 5.10 Å². The predicted octanol–water partition coefficient (Wildman–Crippen LogP) is 2.28. The molecule has 25 heavy (non-hydrogen) atoms. The fourth-order valence-corrected chi connectivity index (χ4v) is 3.06. The van der Waals surface area contributed by atoms with Crippen LogP contribution in [-0.4, -0.2) is 36.7 Å². The number of nitrogens with zero attached hydrogens (tertiary/aromatic N) is 5. The second-order valence-electron chi connectivity index (χ2n) is 5.82. The van der Waals surface area contributed by atoms with Crippen LogP contribution >= 0.6 is 11.8 Å². The van der Waals surface area contributed by atoms with E-state index < -0.39 is 0 Å². The molecule has 8 heteroatoms. The Bertz CT molecular complexity index is 908. The second kappa shape index (κ2) is 7.18. The number of fused-ring (bicyclic) bond motifs is 1. The van der Waals surface area contributed by atoms with Crippen LogP contribution in [0.5, 0.6) is 0 Å². The summed E-state index contributed by atoms with van der Waals surface area (Å²) in [6.07, 6.45) is 5.62. The maximum Gasteiger partial charge on any atom is 0.253 e. The van der Waals surface area contributed by atoms with Gasteiger partial charge in [0.1, 0.15) is 0 Å². The molecule has 1 atom stereocenters. The predicted molar refractivity (Wildman–Crippen MR) is 96.5 cm³/mol. The molecule has 1 amide bonds. The maximum atomic E-state index is 12.5. The van der Waals surface area contributed by atoms with E-state index in [1.807, 2.05) is 39.2 Å². The number of carbonyl (C=O) groups is 1. The Morgan fingerprint density at radius 1 is 1.28 bits per heavy atom. The van der Waals surface area contributed by atoms with Crippen molar-refractivity contribution < 1.29 is 4.79 Å². The largest absolute Gasteiger partial charge is 0.349 e. The number of hydrogen-bond acceptors (Lipinski definition) is 6. The van der Waals surface area contributed by atoms with Gasteiger partial charge in [0.05, 0.1) is 12.5 Å². The molecular formula is C17H20N6OS. The van der Waals surface area contributed by atoms with Gasteiger partial charge in [0.15, 0.2) is 0 Å². The fraction of sp³-hybridized carbons (Fsp3) is 0.353. The molecule has 0 bridgehead atoms. The normalized spacial score (nSPS) is 12.3. The molecule has 7 nitrogen and oxygen atoms in total. The SMILES string of the molecule is CSc1nc2nc(C)c(CC(=O)NC(C)c3ccncc3)c(C)n2n1. The van der Waals surface area contributed by atoms with Crippen molar-refractivity contribution >= 4 is 23.4 Å². The fourth-order valence-electron chi connectivity index (χ4n) is 2.72. The summed E-state index contributed by atoms with van der Waals surface area (Å²) in [6.45, 7) is 5.79. The Balaban J connectivity index is 1.81. The van der Waals surface area contributed by atoms with E-state index in [4.69, 9.17) is 0 Å². The highest BCUT2D eigenvalue weighted by atomic mass is 32.2. The summed E-state index contributed by atoms with van der Waals surface area (Å²) in [6, 6.07) is 3.71. The molecule has 0 fully saturated rings. The van der Waals surface area contributed by atoms with E-state index in [1.54, 1.807) is 16.9 Å². The minimum absolute atomic E-state index is 0.0538. The van der Waals surface area contributed by atoms with Crippen LogP contribution in [0, 0.1) is 13.8 Å². The quantitative estimate of drug-likeness (QED) is 0.706. The van der Waals surface area contributed by atoms with E-state index in [0.29, 0.717) is 10.9 Å². The number of rotatable bonds is 5. The Morgan fingerprint density at radius 3 is 2.68 bits per heavy atom. The molecule has 0 aliphatic carbocycles. The Labute approximate surface area is 150 Å². The van der Waals surface area contributed by atoms with Crippen LogP contribution in [0.1, 0.15) is 35.5 Å². The topological polar surface area (TPSA) is 85.1 Å². The number of aromatic nitrogens is 5. The number of amides is 1. The van der Waals surface area contributed by atoms with Crippen molar-refractivity contribution in [2.75, 3.05) is 6.26 Å². The molecule has 1 unspecified atom stereocenters. The first-order valence-electron chi connectivity index (χ1n) is 7.95. The van der Waals surface area contributed by atoms with Gasteiger partial charge in [-0.3, -0.25) is 9.78 Å². The highest BCUT2D eigenvalue weighted by molar-refractivity contribution is 7.98. The summed E-state index contributed by atoms with van der Waals surface area (Å²) in [5.41, 5.74) is 3.59. The lowest BCUT2D eigenvalue weighted by Crippen LogP contribution is -2.29. The molecule has 3 heterocycles. The van der Waals surface area contributed by atoms with E-state index in [2.05, 4.69) is 25.4 Å². The molecule has 1 N–H and O–H groups in total. The first-order chi connectivity index (χ1) is 12.0. The average molecular weight is 356 g/mol. The number of thioether (sulfide) groups is 1. The summed E-state index contributed by atoms with van der Waals surface area (Å²) in [5, 5.41) is 8.10. The average Bonchev–Trinajstić information content (AvgIpc) is 3.02. The Hall–Kier alpha value is -2.48. The third-order valence-electron chi connectivity index (χ3n) is 4.13. The smallest absolute Gasteiger partial charge is 0.253 e. The third kappa shape index (κ3) is 3.63. The summed E-state index contributed by atoms with van der Waals surface area (Å²) in [7, 11) is 0. The molecule has 3 aromatic rings. The van der Waals surface area contributed by atoms with Crippen molar-refractivity contribution in [3.63, 3.8) is 0 Å². The van der Waals surface area contributed by atoms with Crippen LogP contribution in [0.3, 0.4) is 0 Å². The van der Waals surface area contributed by atoms with Gasteiger partial charge in [0.25, 0.3) is 5.78 Å². The number of aryl methyl sites for hydroxylation is 2. The van der Waals surface area contributed by atoms with E-state index in [-0.39, 0.29) is 18.4 Å². The Morgan fingerprint density at radius 2 is 2.00 bits per heavy atom. The number of carbonyl (C=O) groups excluding carboxylic acids is 1. The van der Waals surface area contributed by atoms with Crippen molar-refractivity contribution in [3.8, 4) is 0 Å². The standard InChI is InChI=1S/C17H20N6OS/c1-10(13-5-7-18-8-6-13)19-15(24)9-14-11(2)20-16-21-17(25-4)22-23(16)12(14)3/h5-8,10H,9H2,1-4H3,(H,19,24). The lowest BCUT2D eigenvalue weighted by Gasteiger charge is -2.15. The van der Waals surface area contributed by atoms with Gasteiger partial charge in [0.2, 0.25) is 11.1 Å². The number of pyridine rings is 1. The Kier molecular flexibility index (Phi) is 4.98. The van der Waals surface area contributed by atoms with E-state index in [1.165, 1.54) is 11.8 Å². The minimum atomic E-state index is -0.0812.